The molecule has 1 aliphatic heterocycles. The van der Waals surface area contributed by atoms with Crippen LogP contribution in [0.25, 0.3) is 0 Å². The molecule has 0 unspecified atom stereocenters. The van der Waals surface area contributed by atoms with Crippen LogP contribution in [0.2, 0.25) is 0 Å². The van der Waals surface area contributed by atoms with Gasteiger partial charge in [0, 0.05) is 38.4 Å². The number of rotatable bonds is 6. The average molecular weight is 440 g/mol. The standard InChI is InChI=1S/C17H22BrN5O2S/c1-19-16(25)11(6-12-9-26-10-20-12)7-14(24)15-13-8-22(2)4-3-5-23(13)17(18)21-15/h9-11H,3-8H2,1-2H3,(H,19,25)/t11-/m1/s1. The number of Topliss-reactive ketones (excluding diaryl/α,β-unsaturated/α-hetero) is 1. The van der Waals surface area contributed by atoms with Crippen LogP contribution in [-0.2, 0) is 24.3 Å². The van der Waals surface area contributed by atoms with Crippen LogP contribution in [0.1, 0.15) is 34.7 Å². The number of carbonyl (C=O) groups excluding carboxylic acids is 2. The Hall–Kier alpha value is -1.58. The van der Waals surface area contributed by atoms with Crippen LogP contribution in [0.3, 0.4) is 0 Å². The maximum atomic E-state index is 13.0. The number of halogens is 1. The lowest BCUT2D eigenvalue weighted by atomic mass is 9.94. The van der Waals surface area contributed by atoms with E-state index in [0.717, 1.165) is 30.9 Å². The number of fused-ring (bicyclic) bond motifs is 1. The molecular weight excluding hydrogens is 418 g/mol. The Labute approximate surface area is 164 Å². The molecule has 7 nitrogen and oxygen atoms in total. The highest BCUT2D eigenvalue weighted by atomic mass is 79.9. The number of imidazole rings is 1. The summed E-state index contributed by atoms with van der Waals surface area (Å²) in [6.45, 7) is 2.49. The van der Waals surface area contributed by atoms with E-state index in [1.165, 1.54) is 11.3 Å². The summed E-state index contributed by atoms with van der Waals surface area (Å²) in [5.41, 5.74) is 3.96. The molecule has 140 valence electrons. The van der Waals surface area contributed by atoms with Gasteiger partial charge in [-0.3, -0.25) is 9.59 Å². The number of aromatic nitrogens is 3. The third-order valence-electron chi connectivity index (χ3n) is 4.62. The van der Waals surface area contributed by atoms with E-state index in [-0.39, 0.29) is 18.1 Å². The fraction of sp³-hybridized carbons (Fsp3) is 0.529. The highest BCUT2D eigenvalue weighted by Crippen LogP contribution is 2.24. The zero-order valence-corrected chi connectivity index (χ0v) is 17.3. The van der Waals surface area contributed by atoms with Crippen molar-refractivity contribution in [1.82, 2.24) is 24.8 Å². The Morgan fingerprint density at radius 3 is 2.92 bits per heavy atom. The Kier molecular flexibility index (Phi) is 6.20. The van der Waals surface area contributed by atoms with Gasteiger partial charge in [-0.05, 0) is 35.9 Å². The van der Waals surface area contributed by atoms with Crippen molar-refractivity contribution in [2.45, 2.75) is 32.4 Å². The second-order valence-corrected chi connectivity index (χ2v) is 7.97. The molecule has 0 fully saturated rings. The van der Waals surface area contributed by atoms with Gasteiger partial charge < -0.3 is 14.8 Å². The van der Waals surface area contributed by atoms with Crippen molar-refractivity contribution in [1.29, 1.82) is 0 Å². The number of amides is 1. The van der Waals surface area contributed by atoms with Crippen molar-refractivity contribution in [3.05, 3.63) is 32.7 Å². The number of hydrogen-bond acceptors (Lipinski definition) is 6. The first-order valence-corrected chi connectivity index (χ1v) is 10.3. The molecule has 0 saturated carbocycles. The molecule has 2 aromatic rings. The van der Waals surface area contributed by atoms with Gasteiger partial charge in [-0.2, -0.15) is 0 Å². The molecule has 0 radical (unpaired) electrons. The number of hydrogen-bond donors (Lipinski definition) is 1. The summed E-state index contributed by atoms with van der Waals surface area (Å²) >= 11 is 4.96. The van der Waals surface area contributed by atoms with Gasteiger partial charge in [0.25, 0.3) is 0 Å². The van der Waals surface area contributed by atoms with Gasteiger partial charge in [0.05, 0.1) is 22.8 Å². The smallest absolute Gasteiger partial charge is 0.223 e. The van der Waals surface area contributed by atoms with E-state index in [2.05, 4.69) is 40.7 Å². The number of nitrogens with zero attached hydrogens (tertiary/aromatic N) is 4. The number of thiazole rings is 1. The van der Waals surface area contributed by atoms with Gasteiger partial charge >= 0.3 is 0 Å². The normalized spacial score (nSPS) is 16.0. The van der Waals surface area contributed by atoms with E-state index >= 15 is 0 Å². The summed E-state index contributed by atoms with van der Waals surface area (Å²) in [5, 5.41) is 4.57. The highest BCUT2D eigenvalue weighted by Gasteiger charge is 2.28. The monoisotopic (exact) mass is 439 g/mol. The fourth-order valence-electron chi connectivity index (χ4n) is 3.27. The van der Waals surface area contributed by atoms with Crippen molar-refractivity contribution in [2.24, 2.45) is 5.92 Å². The molecule has 3 rings (SSSR count). The van der Waals surface area contributed by atoms with Gasteiger partial charge in [0.15, 0.2) is 10.5 Å². The quantitative estimate of drug-likeness (QED) is 0.697. The van der Waals surface area contributed by atoms with Gasteiger partial charge in [-0.1, -0.05) is 0 Å². The van der Waals surface area contributed by atoms with Crippen molar-refractivity contribution in [2.75, 3.05) is 20.6 Å². The highest BCUT2D eigenvalue weighted by molar-refractivity contribution is 9.10. The maximum Gasteiger partial charge on any atom is 0.223 e. The molecule has 1 N–H and O–H groups in total. The lowest BCUT2D eigenvalue weighted by Crippen LogP contribution is -2.31. The topological polar surface area (TPSA) is 80.1 Å². The van der Waals surface area contributed by atoms with Crippen molar-refractivity contribution in [3.8, 4) is 0 Å². The van der Waals surface area contributed by atoms with Crippen molar-refractivity contribution >= 4 is 39.0 Å². The molecule has 0 saturated heterocycles. The predicted molar refractivity (Wildman–Crippen MR) is 103 cm³/mol. The molecule has 1 atom stereocenters. The maximum absolute atomic E-state index is 13.0. The van der Waals surface area contributed by atoms with Gasteiger partial charge in [0.2, 0.25) is 5.91 Å². The number of nitrogens with one attached hydrogen (secondary N) is 1. The van der Waals surface area contributed by atoms with Gasteiger partial charge in [-0.15, -0.1) is 11.3 Å². The fourth-order valence-corrected chi connectivity index (χ4v) is 4.41. The van der Waals surface area contributed by atoms with Gasteiger partial charge in [-0.25, -0.2) is 9.97 Å². The van der Waals surface area contributed by atoms with Crippen LogP contribution in [0, 0.1) is 5.92 Å². The minimum absolute atomic E-state index is 0.0985. The molecule has 0 spiro atoms. The minimum Gasteiger partial charge on any atom is -0.359 e. The van der Waals surface area contributed by atoms with E-state index < -0.39 is 5.92 Å². The van der Waals surface area contributed by atoms with Crippen molar-refractivity contribution in [3.63, 3.8) is 0 Å². The Morgan fingerprint density at radius 2 is 2.23 bits per heavy atom. The minimum atomic E-state index is -0.450. The molecule has 0 aliphatic carbocycles. The molecule has 0 aromatic carbocycles. The third-order valence-corrected chi connectivity index (χ3v) is 5.86. The third kappa shape index (κ3) is 4.21. The van der Waals surface area contributed by atoms with E-state index in [1.807, 2.05) is 12.4 Å². The van der Waals surface area contributed by atoms with Crippen LogP contribution in [0.4, 0.5) is 0 Å². The summed E-state index contributed by atoms with van der Waals surface area (Å²) in [6, 6.07) is 0. The number of ketones is 1. The summed E-state index contributed by atoms with van der Waals surface area (Å²) in [6.07, 6.45) is 1.58. The molecule has 3 heterocycles. The molecule has 2 aromatic heterocycles. The Bertz CT molecular complexity index is 789. The molecule has 1 amide bonds. The zero-order chi connectivity index (χ0) is 18.7. The second-order valence-electron chi connectivity index (χ2n) is 6.54. The van der Waals surface area contributed by atoms with E-state index in [1.54, 1.807) is 12.6 Å². The second kappa shape index (κ2) is 8.41. The molecule has 1 aliphatic rings. The van der Waals surface area contributed by atoms with Crippen LogP contribution in [0.5, 0.6) is 0 Å². The van der Waals surface area contributed by atoms with E-state index in [9.17, 15) is 9.59 Å². The Morgan fingerprint density at radius 1 is 1.42 bits per heavy atom. The average Bonchev–Trinajstić information content (AvgIpc) is 3.17. The van der Waals surface area contributed by atoms with Crippen LogP contribution >= 0.6 is 27.3 Å². The lowest BCUT2D eigenvalue weighted by molar-refractivity contribution is -0.124. The lowest BCUT2D eigenvalue weighted by Gasteiger charge is -2.15. The van der Waals surface area contributed by atoms with Gasteiger partial charge in [0.1, 0.15) is 5.69 Å². The van der Waals surface area contributed by atoms with Crippen molar-refractivity contribution < 1.29 is 9.59 Å². The molecule has 9 heteroatoms. The predicted octanol–water partition coefficient (Wildman–Crippen LogP) is 2.12. The summed E-state index contributed by atoms with van der Waals surface area (Å²) in [7, 11) is 3.63. The summed E-state index contributed by atoms with van der Waals surface area (Å²) in [5.74, 6) is -0.694. The molecular formula is C17H22BrN5O2S. The first kappa shape index (κ1) is 19.2. The number of carbonyl (C=O) groups is 2. The van der Waals surface area contributed by atoms with Crippen LogP contribution in [-0.4, -0.2) is 51.8 Å². The largest absolute Gasteiger partial charge is 0.359 e. The Balaban J connectivity index is 1.82. The summed E-state index contributed by atoms with van der Waals surface area (Å²) < 4.78 is 2.74. The van der Waals surface area contributed by atoms with E-state index in [0.29, 0.717) is 23.4 Å². The van der Waals surface area contributed by atoms with Crippen LogP contribution in [0.15, 0.2) is 15.6 Å². The van der Waals surface area contributed by atoms with E-state index in [4.69, 9.17) is 0 Å². The zero-order valence-electron chi connectivity index (χ0n) is 14.9. The molecule has 26 heavy (non-hydrogen) atoms. The summed E-state index contributed by atoms with van der Waals surface area (Å²) in [4.78, 5) is 36.2. The molecule has 0 bridgehead atoms. The van der Waals surface area contributed by atoms with Crippen LogP contribution < -0.4 is 5.32 Å². The SMILES string of the molecule is CNC(=O)[C@@H](CC(=O)c1nc(Br)n2c1CN(C)CCC2)Cc1cscn1. The first-order valence-electron chi connectivity index (χ1n) is 8.55. The first-order chi connectivity index (χ1) is 12.5.